The van der Waals surface area contributed by atoms with Crippen molar-refractivity contribution in [1.82, 2.24) is 4.90 Å². The second kappa shape index (κ2) is 6.57. The molecule has 2 atom stereocenters. The normalized spacial score (nSPS) is 27.7. The molecule has 3 aliphatic rings. The Hall–Kier alpha value is -2.09. The average Bonchev–Trinajstić information content (AvgIpc) is 2.98. The summed E-state index contributed by atoms with van der Waals surface area (Å²) in [5.74, 6) is 4.77. The van der Waals surface area contributed by atoms with Gasteiger partial charge in [-0.05, 0) is 40.9 Å². The van der Waals surface area contributed by atoms with Crippen LogP contribution in [0.25, 0.3) is 0 Å². The Kier molecular flexibility index (Phi) is 4.72. The monoisotopic (exact) mass is 383 g/mol. The molecule has 0 saturated heterocycles. The van der Waals surface area contributed by atoms with Gasteiger partial charge >= 0.3 is 6.18 Å². The topological polar surface area (TPSA) is 45.0 Å². The first-order chi connectivity index (χ1) is 12.2. The lowest BCUT2D eigenvalue weighted by molar-refractivity contribution is -0.0856. The third kappa shape index (κ3) is 3.18. The van der Waals surface area contributed by atoms with Crippen molar-refractivity contribution in [1.29, 1.82) is 0 Å². The zero-order valence-electron chi connectivity index (χ0n) is 14.6. The molecule has 0 amide bonds. The smallest absolute Gasteiger partial charge is 0.329 e. The molecule has 2 unspecified atom stereocenters. The molecule has 140 valence electrons. The molecule has 1 aliphatic carbocycles. The van der Waals surface area contributed by atoms with E-state index in [0.29, 0.717) is 29.4 Å². The Bertz CT molecular complexity index is 902. The van der Waals surface area contributed by atoms with Crippen LogP contribution < -0.4 is 0 Å². The fourth-order valence-electron chi connectivity index (χ4n) is 3.10. The van der Waals surface area contributed by atoms with Gasteiger partial charge in [0.05, 0.1) is 11.3 Å². The van der Waals surface area contributed by atoms with Crippen LogP contribution in [0.4, 0.5) is 13.2 Å². The van der Waals surface area contributed by atoms with Gasteiger partial charge < -0.3 is 4.90 Å². The third-order valence-electron chi connectivity index (χ3n) is 4.53. The summed E-state index contributed by atoms with van der Waals surface area (Å²) >= 11 is 0. The van der Waals surface area contributed by atoms with Crippen LogP contribution in [0.5, 0.6) is 0 Å². The number of rotatable bonds is 3. The van der Waals surface area contributed by atoms with Gasteiger partial charge in [-0.1, -0.05) is 19.1 Å². The molecule has 8 heteroatoms. The summed E-state index contributed by atoms with van der Waals surface area (Å²) in [5, 5.41) is 0. The molecular weight excluding hydrogens is 363 g/mol. The van der Waals surface area contributed by atoms with Crippen LogP contribution in [0.15, 0.2) is 56.2 Å². The van der Waals surface area contributed by atoms with E-state index in [9.17, 15) is 17.4 Å². The first-order valence-electron chi connectivity index (χ1n) is 8.31. The van der Waals surface area contributed by atoms with Gasteiger partial charge in [-0.3, -0.25) is 9.20 Å². The second-order valence-corrected chi connectivity index (χ2v) is 8.78. The molecule has 0 fully saturated rings. The molecular formula is C18H20F3N3OS. The van der Waals surface area contributed by atoms with Gasteiger partial charge in [0.15, 0.2) is 6.17 Å². The molecule has 0 bridgehead atoms. The number of dihydropyridines is 1. The van der Waals surface area contributed by atoms with Gasteiger partial charge in [0.25, 0.3) is 0 Å². The summed E-state index contributed by atoms with van der Waals surface area (Å²) in [6.45, 7) is 4.21. The maximum absolute atomic E-state index is 13.0. The second-order valence-electron chi connectivity index (χ2n) is 6.14. The van der Waals surface area contributed by atoms with E-state index in [1.807, 2.05) is 24.0 Å². The Morgan fingerprint density at radius 1 is 1.38 bits per heavy atom. The zero-order chi connectivity index (χ0) is 19.1. The summed E-state index contributed by atoms with van der Waals surface area (Å²) in [7, 11) is -2.48. The first-order valence-corrected chi connectivity index (χ1v) is 10.2. The predicted octanol–water partition coefficient (Wildman–Crippen LogP) is 3.45. The predicted molar refractivity (Wildman–Crippen MR) is 101 cm³/mol. The lowest BCUT2D eigenvalue weighted by atomic mass is 10.1. The molecule has 4 nitrogen and oxygen atoms in total. The molecule has 0 aromatic carbocycles. The lowest BCUT2D eigenvalue weighted by Crippen LogP contribution is -2.36. The highest BCUT2D eigenvalue weighted by Gasteiger charge is 2.40. The number of nitrogens with zero attached hydrogens (tertiary/aromatic N) is 3. The Labute approximate surface area is 151 Å². The van der Waals surface area contributed by atoms with Crippen molar-refractivity contribution in [2.75, 3.05) is 12.3 Å². The molecule has 3 rings (SSSR count). The van der Waals surface area contributed by atoms with Crippen LogP contribution in [0, 0.1) is 0 Å². The summed E-state index contributed by atoms with van der Waals surface area (Å²) < 4.78 is 51.8. The molecule has 26 heavy (non-hydrogen) atoms. The minimum Gasteiger partial charge on any atom is -0.329 e. The van der Waals surface area contributed by atoms with Gasteiger partial charge in [-0.25, -0.2) is 4.99 Å². The summed E-state index contributed by atoms with van der Waals surface area (Å²) in [6.07, 6.45) is 2.85. The summed E-state index contributed by atoms with van der Waals surface area (Å²) in [4.78, 5) is 11.0. The first kappa shape index (κ1) is 18.7. The third-order valence-corrected chi connectivity index (χ3v) is 6.65. The Morgan fingerprint density at radius 2 is 2.12 bits per heavy atom. The van der Waals surface area contributed by atoms with Crippen molar-refractivity contribution in [2.24, 2.45) is 9.98 Å². The number of aliphatic imine (C=N–C) groups is 2. The largest absolute Gasteiger partial charge is 0.417 e. The number of alkyl halides is 3. The SMILES string of the molecule is C=S(=O)(CC)C1=CC=CCC1=C1N=C2C=C(C(F)(F)F)C=NC2N1CC. The molecule has 0 saturated carbocycles. The maximum atomic E-state index is 13.0. The van der Waals surface area contributed by atoms with Crippen molar-refractivity contribution >= 4 is 27.3 Å². The van der Waals surface area contributed by atoms with Crippen LogP contribution >= 0.6 is 0 Å². The van der Waals surface area contributed by atoms with Crippen LogP contribution in [0.1, 0.15) is 20.3 Å². The minimum atomic E-state index is -4.47. The number of halogens is 3. The van der Waals surface area contributed by atoms with Gasteiger partial charge in [-0.2, -0.15) is 13.2 Å². The molecule has 0 aromatic heterocycles. The number of fused-ring (bicyclic) bond motifs is 1. The molecule has 0 N–H and O–H groups in total. The van der Waals surface area contributed by atoms with Gasteiger partial charge in [0, 0.05) is 29.0 Å². The van der Waals surface area contributed by atoms with E-state index in [0.717, 1.165) is 17.9 Å². The standard InChI is InChI=1S/C18H20F3N3OS/c1-4-24-16(13-8-6-7-9-15(13)26(3,25)5-2)23-14-10-12(18(19,20)21)11-22-17(14)24/h6-7,9-11,17H,3-5,8H2,1-2H3. The molecule has 0 radical (unpaired) electrons. The van der Waals surface area contributed by atoms with Crippen molar-refractivity contribution < 1.29 is 17.4 Å². The maximum Gasteiger partial charge on any atom is 0.417 e. The quantitative estimate of drug-likeness (QED) is 0.701. The molecule has 0 aromatic rings. The summed E-state index contributed by atoms with van der Waals surface area (Å²) in [6, 6.07) is 0. The molecule has 0 spiro atoms. The minimum absolute atomic E-state index is 0.255. The highest BCUT2D eigenvalue weighted by atomic mass is 32.2. The van der Waals surface area contributed by atoms with Crippen molar-refractivity contribution in [3.8, 4) is 0 Å². The van der Waals surface area contributed by atoms with Crippen molar-refractivity contribution in [2.45, 2.75) is 32.6 Å². The van der Waals surface area contributed by atoms with Crippen LogP contribution in [-0.4, -0.2) is 51.5 Å². The Balaban J connectivity index is 2.13. The van der Waals surface area contributed by atoms with E-state index in [1.165, 1.54) is 0 Å². The highest BCUT2D eigenvalue weighted by molar-refractivity contribution is 8.04. The molecule has 2 aliphatic heterocycles. The fourth-order valence-corrected chi connectivity index (χ4v) is 4.36. The van der Waals surface area contributed by atoms with Crippen molar-refractivity contribution in [3.63, 3.8) is 0 Å². The van der Waals surface area contributed by atoms with Gasteiger partial charge in [0.2, 0.25) is 0 Å². The number of hydrogen-bond donors (Lipinski definition) is 0. The van der Waals surface area contributed by atoms with E-state index < -0.39 is 27.4 Å². The molecule has 2 heterocycles. The van der Waals surface area contributed by atoms with Crippen molar-refractivity contribution in [3.05, 3.63) is 46.2 Å². The van der Waals surface area contributed by atoms with E-state index in [-0.39, 0.29) is 5.71 Å². The zero-order valence-corrected chi connectivity index (χ0v) is 15.4. The highest BCUT2D eigenvalue weighted by Crippen LogP contribution is 2.36. The van der Waals surface area contributed by atoms with E-state index in [2.05, 4.69) is 15.9 Å². The van der Waals surface area contributed by atoms with Gasteiger partial charge in [-0.15, -0.1) is 0 Å². The van der Waals surface area contributed by atoms with Crippen LogP contribution in [0.2, 0.25) is 0 Å². The van der Waals surface area contributed by atoms with E-state index in [1.54, 1.807) is 13.0 Å². The summed E-state index contributed by atoms with van der Waals surface area (Å²) in [5.41, 5.74) is 0.184. The van der Waals surface area contributed by atoms with Crippen LogP contribution in [0.3, 0.4) is 0 Å². The average molecular weight is 383 g/mol. The van der Waals surface area contributed by atoms with Crippen LogP contribution in [-0.2, 0) is 9.52 Å². The number of allylic oxidation sites excluding steroid dienone is 5. The van der Waals surface area contributed by atoms with E-state index >= 15 is 0 Å². The van der Waals surface area contributed by atoms with Gasteiger partial charge in [0.1, 0.15) is 5.82 Å². The fraction of sp³-hybridized carbons (Fsp3) is 0.389. The lowest BCUT2D eigenvalue weighted by Gasteiger charge is -2.28. The van der Waals surface area contributed by atoms with E-state index in [4.69, 9.17) is 0 Å². The number of hydrogen-bond acceptors (Lipinski definition) is 4. The Morgan fingerprint density at radius 3 is 2.73 bits per heavy atom.